The van der Waals surface area contributed by atoms with Crippen molar-refractivity contribution in [2.45, 2.75) is 19.9 Å². The van der Waals surface area contributed by atoms with E-state index in [1.165, 1.54) is 0 Å². The molecule has 0 bridgehead atoms. The van der Waals surface area contributed by atoms with Crippen molar-refractivity contribution in [2.24, 2.45) is 11.8 Å². The minimum atomic E-state index is -0.293. The number of rotatable bonds is 6. The van der Waals surface area contributed by atoms with Crippen molar-refractivity contribution in [3.63, 3.8) is 0 Å². The summed E-state index contributed by atoms with van der Waals surface area (Å²) in [6, 6.07) is 18.7. The molecule has 2 aromatic carbocycles. The molecule has 3 rings (SSSR count). The molecule has 2 amide bonds. The summed E-state index contributed by atoms with van der Waals surface area (Å²) in [5.41, 5.74) is 2.16. The van der Waals surface area contributed by atoms with Crippen LogP contribution >= 0.6 is 0 Å². The van der Waals surface area contributed by atoms with Crippen LogP contribution in [0.2, 0.25) is 0 Å². The molecule has 2 unspecified atom stereocenters. The molecule has 0 aromatic heterocycles. The molecule has 0 spiro atoms. The third-order valence-electron chi connectivity index (χ3n) is 4.61. The third kappa shape index (κ3) is 4.09. The number of carbonyl (C=O) groups is 2. The monoisotopic (exact) mass is 347 g/mol. The van der Waals surface area contributed by atoms with Crippen LogP contribution in [0.25, 0.3) is 0 Å². The quantitative estimate of drug-likeness (QED) is 0.872. The number of benzene rings is 2. The van der Waals surface area contributed by atoms with Crippen LogP contribution < -0.4 is 5.32 Å². The van der Waals surface area contributed by atoms with Crippen LogP contribution in [0.4, 0.5) is 5.69 Å². The molecule has 0 saturated heterocycles. The van der Waals surface area contributed by atoms with Crippen molar-refractivity contribution in [2.75, 3.05) is 11.9 Å². The van der Waals surface area contributed by atoms with Crippen molar-refractivity contribution in [1.82, 2.24) is 4.90 Å². The zero-order valence-corrected chi connectivity index (χ0v) is 14.7. The second kappa shape index (κ2) is 7.83. The van der Waals surface area contributed by atoms with Crippen LogP contribution in [0.1, 0.15) is 24.5 Å². The highest BCUT2D eigenvalue weighted by molar-refractivity contribution is 5.99. The Morgan fingerprint density at radius 1 is 1.15 bits per heavy atom. The fourth-order valence-corrected chi connectivity index (χ4v) is 3.04. The summed E-state index contributed by atoms with van der Waals surface area (Å²) in [5, 5.41) is 11.7. The Morgan fingerprint density at radius 2 is 1.92 bits per heavy atom. The van der Waals surface area contributed by atoms with Gasteiger partial charge in [0, 0.05) is 18.8 Å². The van der Waals surface area contributed by atoms with E-state index in [9.17, 15) is 9.59 Å². The van der Waals surface area contributed by atoms with Crippen LogP contribution in [0, 0.1) is 23.2 Å². The first-order valence-electron chi connectivity index (χ1n) is 8.76. The van der Waals surface area contributed by atoms with Crippen molar-refractivity contribution >= 4 is 17.5 Å². The maximum absolute atomic E-state index is 12.7. The van der Waals surface area contributed by atoms with E-state index in [1.54, 1.807) is 29.2 Å². The fraction of sp³-hybridized carbons (Fsp3) is 0.286. The van der Waals surface area contributed by atoms with Crippen LogP contribution in [0.3, 0.4) is 0 Å². The van der Waals surface area contributed by atoms with Gasteiger partial charge in [-0.2, -0.15) is 5.26 Å². The number of nitrogens with one attached hydrogen (secondary N) is 1. The van der Waals surface area contributed by atoms with E-state index in [1.807, 2.05) is 43.3 Å². The average Bonchev–Trinajstić information content (AvgIpc) is 3.47. The summed E-state index contributed by atoms with van der Waals surface area (Å²) in [6.45, 7) is 3.12. The van der Waals surface area contributed by atoms with Crippen molar-refractivity contribution in [3.05, 3.63) is 65.7 Å². The maximum Gasteiger partial charge on any atom is 0.228 e. The lowest BCUT2D eigenvalue weighted by atomic mass is 10.2. The summed E-state index contributed by atoms with van der Waals surface area (Å²) >= 11 is 0. The highest BCUT2D eigenvalue weighted by atomic mass is 16.2. The predicted molar refractivity (Wildman–Crippen MR) is 98.9 cm³/mol. The van der Waals surface area contributed by atoms with Crippen LogP contribution in [0.5, 0.6) is 0 Å². The molecule has 1 aliphatic rings. The lowest BCUT2D eigenvalue weighted by Crippen LogP contribution is -2.33. The molecule has 2 atom stereocenters. The van der Waals surface area contributed by atoms with Crippen LogP contribution in [0.15, 0.2) is 54.6 Å². The molecule has 26 heavy (non-hydrogen) atoms. The van der Waals surface area contributed by atoms with E-state index < -0.39 is 0 Å². The van der Waals surface area contributed by atoms with E-state index in [2.05, 4.69) is 5.32 Å². The van der Waals surface area contributed by atoms with E-state index >= 15 is 0 Å². The van der Waals surface area contributed by atoms with Gasteiger partial charge in [0.05, 0.1) is 23.5 Å². The Kier molecular flexibility index (Phi) is 5.33. The second-order valence-electron chi connectivity index (χ2n) is 6.47. The molecule has 5 heteroatoms. The minimum Gasteiger partial charge on any atom is -0.338 e. The minimum absolute atomic E-state index is 0.0299. The maximum atomic E-state index is 12.7. The number of nitriles is 1. The summed E-state index contributed by atoms with van der Waals surface area (Å²) in [6.07, 6.45) is 0.577. The number of hydrogen-bond acceptors (Lipinski definition) is 3. The zero-order valence-electron chi connectivity index (χ0n) is 14.7. The van der Waals surface area contributed by atoms with Gasteiger partial charge in [0.15, 0.2) is 0 Å². The molecule has 5 nitrogen and oxygen atoms in total. The molecular formula is C21H21N3O2. The molecule has 1 saturated carbocycles. The highest BCUT2D eigenvalue weighted by Gasteiger charge is 2.49. The van der Waals surface area contributed by atoms with Gasteiger partial charge in [-0.1, -0.05) is 36.4 Å². The number of amides is 2. The average molecular weight is 347 g/mol. The molecule has 1 fully saturated rings. The zero-order chi connectivity index (χ0) is 18.5. The third-order valence-corrected chi connectivity index (χ3v) is 4.61. The summed E-state index contributed by atoms with van der Waals surface area (Å²) in [5.74, 6) is -0.674. The van der Waals surface area contributed by atoms with Gasteiger partial charge in [-0.3, -0.25) is 9.59 Å². The van der Waals surface area contributed by atoms with Crippen molar-refractivity contribution in [1.29, 1.82) is 5.26 Å². The number of hydrogen-bond donors (Lipinski definition) is 1. The van der Waals surface area contributed by atoms with Gasteiger partial charge >= 0.3 is 0 Å². The normalized spacial score (nSPS) is 17.8. The predicted octanol–water partition coefficient (Wildman–Crippen LogP) is 3.18. The topological polar surface area (TPSA) is 73.2 Å². The molecule has 132 valence electrons. The summed E-state index contributed by atoms with van der Waals surface area (Å²) in [7, 11) is 0. The summed E-state index contributed by atoms with van der Waals surface area (Å²) in [4.78, 5) is 26.9. The first-order chi connectivity index (χ1) is 12.6. The Hall–Kier alpha value is -3.13. The molecule has 1 N–H and O–H groups in total. The number of anilines is 1. The first-order valence-corrected chi connectivity index (χ1v) is 8.76. The largest absolute Gasteiger partial charge is 0.338 e. The van der Waals surface area contributed by atoms with E-state index in [-0.39, 0.29) is 23.7 Å². The van der Waals surface area contributed by atoms with Gasteiger partial charge in [-0.25, -0.2) is 0 Å². The molecule has 0 radical (unpaired) electrons. The van der Waals surface area contributed by atoms with Gasteiger partial charge in [0.2, 0.25) is 11.8 Å². The SMILES string of the molecule is CCN(Cc1ccccc1)C(=O)C1CC1C(=O)Nc1cccc(C#N)c1. The van der Waals surface area contributed by atoms with Gasteiger partial charge in [-0.15, -0.1) is 0 Å². The lowest BCUT2D eigenvalue weighted by molar-refractivity contribution is -0.134. The molecule has 0 heterocycles. The fourth-order valence-electron chi connectivity index (χ4n) is 3.04. The van der Waals surface area contributed by atoms with Crippen molar-refractivity contribution in [3.8, 4) is 6.07 Å². The molecule has 0 aliphatic heterocycles. The van der Waals surface area contributed by atoms with Gasteiger partial charge in [0.1, 0.15) is 0 Å². The molecule has 1 aliphatic carbocycles. The number of nitrogens with zero attached hydrogens (tertiary/aromatic N) is 2. The van der Waals surface area contributed by atoms with Gasteiger partial charge in [-0.05, 0) is 37.1 Å². The van der Waals surface area contributed by atoms with Crippen LogP contribution in [-0.2, 0) is 16.1 Å². The standard InChI is InChI=1S/C21H21N3O2/c1-2-24(14-15-7-4-3-5-8-15)21(26)19-12-18(19)20(25)23-17-10-6-9-16(11-17)13-22/h3-11,18-19H,2,12,14H2,1H3,(H,23,25). The second-order valence-corrected chi connectivity index (χ2v) is 6.47. The Balaban J connectivity index is 1.58. The van der Waals surface area contributed by atoms with E-state index in [4.69, 9.17) is 5.26 Å². The smallest absolute Gasteiger partial charge is 0.228 e. The Labute approximate surface area is 153 Å². The highest BCUT2D eigenvalue weighted by Crippen LogP contribution is 2.41. The first kappa shape index (κ1) is 17.7. The summed E-state index contributed by atoms with van der Waals surface area (Å²) < 4.78 is 0. The lowest BCUT2D eigenvalue weighted by Gasteiger charge is -2.21. The Bertz CT molecular complexity index is 842. The Morgan fingerprint density at radius 3 is 2.62 bits per heavy atom. The van der Waals surface area contributed by atoms with E-state index in [0.717, 1.165) is 5.56 Å². The van der Waals surface area contributed by atoms with E-state index in [0.29, 0.717) is 30.8 Å². The van der Waals surface area contributed by atoms with Gasteiger partial charge in [0.25, 0.3) is 0 Å². The van der Waals surface area contributed by atoms with Crippen molar-refractivity contribution < 1.29 is 9.59 Å². The molecular weight excluding hydrogens is 326 g/mol. The van der Waals surface area contributed by atoms with Gasteiger partial charge < -0.3 is 10.2 Å². The number of carbonyl (C=O) groups excluding carboxylic acids is 2. The van der Waals surface area contributed by atoms with Crippen LogP contribution in [-0.4, -0.2) is 23.3 Å². The molecule has 2 aromatic rings.